The molecule has 1 aromatic carbocycles. The van der Waals surface area contributed by atoms with Crippen LogP contribution in [0.3, 0.4) is 0 Å². The summed E-state index contributed by atoms with van der Waals surface area (Å²) in [4.78, 5) is 13.4. The molecule has 46 heavy (non-hydrogen) atoms. The van der Waals surface area contributed by atoms with E-state index < -0.39 is 0 Å². The molecule has 0 saturated carbocycles. The van der Waals surface area contributed by atoms with E-state index in [1.54, 1.807) is 38.5 Å². The maximum Gasteiger partial charge on any atom is 0.246 e. The fourth-order valence-corrected chi connectivity index (χ4v) is 7.35. The number of hydrogen-bond acceptors (Lipinski definition) is 7. The van der Waals surface area contributed by atoms with Crippen molar-refractivity contribution in [2.75, 3.05) is 41.0 Å². The summed E-state index contributed by atoms with van der Waals surface area (Å²) in [6, 6.07) is 4.72. The molecule has 0 radical (unpaired) electrons. The van der Waals surface area contributed by atoms with Gasteiger partial charge in [0.25, 0.3) is 0 Å². The molecular weight excluding hydrogens is 585 g/mol. The average molecular weight is 638 g/mol. The van der Waals surface area contributed by atoms with Crippen LogP contribution >= 0.6 is 0 Å². The van der Waals surface area contributed by atoms with Crippen LogP contribution in [-0.2, 0) is 25.4 Å². The molecule has 5 atom stereocenters. The lowest BCUT2D eigenvalue weighted by Gasteiger charge is -2.39. The van der Waals surface area contributed by atoms with Gasteiger partial charge < -0.3 is 24.3 Å². The zero-order valence-electron chi connectivity index (χ0n) is 27.8. The average Bonchev–Trinajstić information content (AvgIpc) is 3.54. The van der Waals surface area contributed by atoms with Crippen LogP contribution in [0, 0.1) is 23.6 Å². The van der Waals surface area contributed by atoms with Gasteiger partial charge in [-0.2, -0.15) is 5.10 Å². The van der Waals surface area contributed by atoms with E-state index in [-0.39, 0.29) is 29.5 Å². The Bertz CT molecular complexity index is 1290. The Kier molecular flexibility index (Phi) is 12.7. The van der Waals surface area contributed by atoms with E-state index in [0.29, 0.717) is 18.8 Å². The van der Waals surface area contributed by atoms with Crippen LogP contribution in [0.2, 0.25) is 0 Å². The Hall–Kier alpha value is -3.17. The van der Waals surface area contributed by atoms with Crippen LogP contribution in [0.25, 0.3) is 0 Å². The summed E-state index contributed by atoms with van der Waals surface area (Å²) in [5.41, 5.74) is 2.02. The van der Waals surface area contributed by atoms with Crippen LogP contribution in [0.5, 0.6) is 5.75 Å². The number of benzene rings is 1. The maximum atomic E-state index is 13.6. The number of nitrogens with one attached hydrogen (secondary N) is 1. The lowest BCUT2D eigenvalue weighted by molar-refractivity contribution is -0.138. The molecular formula is C37H52FN3O5. The highest BCUT2D eigenvalue weighted by Crippen LogP contribution is 2.38. The predicted molar refractivity (Wildman–Crippen MR) is 178 cm³/mol. The normalized spacial score (nSPS) is 25.9. The molecule has 0 bridgehead atoms. The SMILES string of the molecule is COC1=CCC(C2=NN(CCCCCNCCC3CCC(CCCc4cc(F)ccc4OC)O3)C(=O)[C@H]3CC=CC[C@@H]23)C=C1OC. The highest BCUT2D eigenvalue weighted by molar-refractivity contribution is 5.98. The molecule has 1 amide bonds. The van der Waals surface area contributed by atoms with Gasteiger partial charge in [-0.05, 0) is 120 Å². The number of hydrogen-bond donors (Lipinski definition) is 1. The van der Waals surface area contributed by atoms with Crippen LogP contribution in [-0.4, -0.2) is 69.8 Å². The van der Waals surface area contributed by atoms with Gasteiger partial charge in [-0.15, -0.1) is 0 Å². The van der Waals surface area contributed by atoms with Crippen LogP contribution < -0.4 is 10.1 Å². The van der Waals surface area contributed by atoms with Gasteiger partial charge >= 0.3 is 0 Å². The third-order valence-corrected chi connectivity index (χ3v) is 9.87. The number of allylic oxidation sites excluding steroid dienone is 4. The molecule has 0 aromatic heterocycles. The van der Waals surface area contributed by atoms with E-state index >= 15 is 0 Å². The minimum Gasteiger partial charge on any atom is -0.496 e. The Labute approximate surface area is 274 Å². The second kappa shape index (κ2) is 17.1. The highest BCUT2D eigenvalue weighted by Gasteiger charge is 2.42. The van der Waals surface area contributed by atoms with Gasteiger partial charge in [0.2, 0.25) is 5.91 Å². The van der Waals surface area contributed by atoms with E-state index in [1.807, 2.05) is 0 Å². The van der Waals surface area contributed by atoms with Crippen molar-refractivity contribution in [3.05, 3.63) is 65.4 Å². The van der Waals surface area contributed by atoms with E-state index in [1.165, 1.54) is 6.07 Å². The lowest BCUT2D eigenvalue weighted by Crippen LogP contribution is -2.47. The molecule has 1 aromatic rings. The lowest BCUT2D eigenvalue weighted by atomic mass is 9.73. The van der Waals surface area contributed by atoms with Gasteiger partial charge in [0.15, 0.2) is 11.5 Å². The largest absolute Gasteiger partial charge is 0.496 e. The molecule has 8 nitrogen and oxygen atoms in total. The Balaban J connectivity index is 0.979. The second-order valence-electron chi connectivity index (χ2n) is 12.9. The molecule has 1 saturated heterocycles. The van der Waals surface area contributed by atoms with Gasteiger partial charge in [-0.3, -0.25) is 4.79 Å². The first-order chi connectivity index (χ1) is 22.5. The molecule has 9 heteroatoms. The molecule has 3 unspecified atom stereocenters. The Morgan fingerprint density at radius 1 is 0.913 bits per heavy atom. The topological polar surface area (TPSA) is 81.6 Å². The monoisotopic (exact) mass is 637 g/mol. The van der Waals surface area contributed by atoms with Gasteiger partial charge in [-0.1, -0.05) is 18.6 Å². The minimum absolute atomic E-state index is 0.0271. The summed E-state index contributed by atoms with van der Waals surface area (Å²) in [6.07, 6.45) is 20.6. The van der Waals surface area contributed by atoms with Gasteiger partial charge in [0.05, 0.1) is 45.2 Å². The van der Waals surface area contributed by atoms with Crippen molar-refractivity contribution in [3.8, 4) is 5.75 Å². The molecule has 4 aliphatic rings. The number of methoxy groups -OCH3 is 3. The molecule has 1 fully saturated rings. The Morgan fingerprint density at radius 2 is 1.70 bits per heavy atom. The predicted octanol–water partition coefficient (Wildman–Crippen LogP) is 6.72. The van der Waals surface area contributed by atoms with Gasteiger partial charge in [0.1, 0.15) is 11.6 Å². The van der Waals surface area contributed by atoms with E-state index in [4.69, 9.17) is 24.0 Å². The molecule has 5 rings (SSSR count). The number of amides is 1. The van der Waals surface area contributed by atoms with Crippen molar-refractivity contribution in [2.24, 2.45) is 22.9 Å². The summed E-state index contributed by atoms with van der Waals surface area (Å²) in [5, 5.41) is 10.3. The fourth-order valence-electron chi connectivity index (χ4n) is 7.35. The number of halogens is 1. The number of ether oxygens (including phenoxy) is 4. The zero-order valence-corrected chi connectivity index (χ0v) is 27.8. The first kappa shape index (κ1) is 34.2. The first-order valence-corrected chi connectivity index (χ1v) is 17.2. The van der Waals surface area contributed by atoms with Crippen molar-refractivity contribution in [1.29, 1.82) is 0 Å². The van der Waals surface area contributed by atoms with Crippen LogP contribution in [0.1, 0.15) is 76.2 Å². The number of fused-ring (bicyclic) bond motifs is 1. The molecule has 2 aliphatic heterocycles. The second-order valence-corrected chi connectivity index (χ2v) is 12.9. The van der Waals surface area contributed by atoms with Crippen molar-refractivity contribution in [3.63, 3.8) is 0 Å². The molecule has 252 valence electrons. The van der Waals surface area contributed by atoms with Crippen molar-refractivity contribution in [2.45, 2.75) is 89.3 Å². The van der Waals surface area contributed by atoms with Crippen molar-refractivity contribution in [1.82, 2.24) is 10.3 Å². The zero-order chi connectivity index (χ0) is 32.3. The van der Waals surface area contributed by atoms with Crippen molar-refractivity contribution >= 4 is 11.6 Å². The number of hydrazone groups is 1. The van der Waals surface area contributed by atoms with Gasteiger partial charge in [0, 0.05) is 18.4 Å². The number of carbonyl (C=O) groups is 1. The molecule has 2 aliphatic carbocycles. The summed E-state index contributed by atoms with van der Waals surface area (Å²) in [7, 11) is 4.95. The number of nitrogens with zero attached hydrogens (tertiary/aromatic N) is 2. The van der Waals surface area contributed by atoms with Crippen LogP contribution in [0.4, 0.5) is 4.39 Å². The summed E-state index contributed by atoms with van der Waals surface area (Å²) >= 11 is 0. The summed E-state index contributed by atoms with van der Waals surface area (Å²) < 4.78 is 36.4. The minimum atomic E-state index is -0.218. The molecule has 1 N–H and O–H groups in total. The number of aryl methyl sites for hydroxylation is 1. The number of carbonyl (C=O) groups excluding carboxylic acids is 1. The van der Waals surface area contributed by atoms with Gasteiger partial charge in [-0.25, -0.2) is 9.40 Å². The molecule has 0 spiro atoms. The van der Waals surface area contributed by atoms with Crippen LogP contribution in [0.15, 0.2) is 59.1 Å². The maximum absolute atomic E-state index is 13.6. The standard InChI is InChI=1S/C37H52FN3O5/c1-43-33-19-15-28(38)24-26(33)10-9-11-29-16-17-30(46-29)20-22-39-21-7-4-8-23-41-37(42)32-13-6-5-12-31(32)36(40-41)27-14-18-34(44-2)35(25-27)45-3/h5-6,15,18-19,24-25,27,29-32,39H,4,7-14,16-17,20-23H2,1-3H3/t27?,29?,30?,31-,32+/m1/s1. The highest BCUT2D eigenvalue weighted by atomic mass is 19.1. The third-order valence-electron chi connectivity index (χ3n) is 9.87. The Morgan fingerprint density at radius 3 is 2.48 bits per heavy atom. The fraction of sp³-hybridized carbons (Fsp3) is 0.622. The van der Waals surface area contributed by atoms with E-state index in [0.717, 1.165) is 119 Å². The number of rotatable bonds is 17. The van der Waals surface area contributed by atoms with E-state index in [9.17, 15) is 9.18 Å². The van der Waals surface area contributed by atoms with E-state index in [2.05, 4.69) is 29.6 Å². The summed E-state index contributed by atoms with van der Waals surface area (Å²) in [6.45, 7) is 2.57. The quantitative estimate of drug-likeness (QED) is 0.151. The third kappa shape index (κ3) is 8.79. The van der Waals surface area contributed by atoms with Crippen molar-refractivity contribution < 1.29 is 28.1 Å². The number of unbranched alkanes of at least 4 members (excludes halogenated alkanes) is 2. The molecule has 2 heterocycles. The smallest absolute Gasteiger partial charge is 0.246 e. The summed E-state index contributed by atoms with van der Waals surface area (Å²) in [5.74, 6) is 2.43. The first-order valence-electron chi connectivity index (χ1n) is 17.2.